The first-order chi connectivity index (χ1) is 8.66. The van der Waals surface area contributed by atoms with Crippen molar-refractivity contribution in [3.63, 3.8) is 0 Å². The van der Waals surface area contributed by atoms with Gasteiger partial charge in [-0.05, 0) is 26.0 Å². The summed E-state index contributed by atoms with van der Waals surface area (Å²) in [6.07, 6.45) is 2.41. The predicted molar refractivity (Wildman–Crippen MR) is 71.0 cm³/mol. The fraction of sp³-hybridized carbons (Fsp3) is 0.571. The molecule has 1 aromatic rings. The average Bonchev–Trinajstić information content (AvgIpc) is 2.38. The van der Waals surface area contributed by atoms with Crippen LogP contribution in [-0.2, 0) is 0 Å². The quantitative estimate of drug-likeness (QED) is 0.752. The van der Waals surface area contributed by atoms with Gasteiger partial charge in [-0.1, -0.05) is 0 Å². The van der Waals surface area contributed by atoms with E-state index in [1.807, 2.05) is 12.1 Å². The molecule has 0 saturated carbocycles. The highest BCUT2D eigenvalue weighted by Crippen LogP contribution is 2.30. The molecule has 3 heterocycles. The summed E-state index contributed by atoms with van der Waals surface area (Å²) in [7, 11) is 0. The van der Waals surface area contributed by atoms with E-state index in [2.05, 4.69) is 28.6 Å². The molecule has 2 aliphatic rings. The molecule has 0 radical (unpaired) electrons. The number of rotatable bonds is 1. The van der Waals surface area contributed by atoms with Crippen LogP contribution in [0.1, 0.15) is 30.6 Å². The van der Waals surface area contributed by atoms with Gasteiger partial charge in [-0.15, -0.1) is 0 Å². The van der Waals surface area contributed by atoms with Crippen LogP contribution in [0, 0.1) is 0 Å². The molecule has 0 spiro atoms. The maximum atomic E-state index is 12.1. The molecule has 0 amide bonds. The Morgan fingerprint density at radius 3 is 3.00 bits per heavy atom. The number of hydrogen-bond acceptors (Lipinski definition) is 4. The van der Waals surface area contributed by atoms with E-state index in [0.29, 0.717) is 18.5 Å². The number of nitrogens with zero attached hydrogens (tertiary/aromatic N) is 3. The van der Waals surface area contributed by atoms with Crippen molar-refractivity contribution in [3.05, 3.63) is 23.9 Å². The van der Waals surface area contributed by atoms with Crippen molar-refractivity contribution in [2.24, 2.45) is 0 Å². The summed E-state index contributed by atoms with van der Waals surface area (Å²) in [6, 6.07) is 4.60. The van der Waals surface area contributed by atoms with Crippen LogP contribution in [0.3, 0.4) is 0 Å². The molecule has 96 valence electrons. The maximum Gasteiger partial charge on any atom is 0.168 e. The van der Waals surface area contributed by atoms with Crippen molar-refractivity contribution >= 4 is 11.6 Å². The summed E-state index contributed by atoms with van der Waals surface area (Å²) >= 11 is 0. The highest BCUT2D eigenvalue weighted by atomic mass is 16.1. The number of ketones is 1. The third kappa shape index (κ3) is 1.81. The van der Waals surface area contributed by atoms with Gasteiger partial charge < -0.3 is 4.90 Å². The Morgan fingerprint density at radius 1 is 1.39 bits per heavy atom. The summed E-state index contributed by atoms with van der Waals surface area (Å²) in [5.41, 5.74) is 0.798. The molecular formula is C14H19N3O. The first-order valence-electron chi connectivity index (χ1n) is 6.65. The molecule has 3 rings (SSSR count). The molecule has 1 fully saturated rings. The van der Waals surface area contributed by atoms with Gasteiger partial charge in [0.15, 0.2) is 5.78 Å². The minimum absolute atomic E-state index is 0.241. The van der Waals surface area contributed by atoms with Crippen molar-refractivity contribution in [1.82, 2.24) is 9.88 Å². The number of aromatic nitrogens is 1. The minimum atomic E-state index is 0.241. The third-order valence-electron chi connectivity index (χ3n) is 4.02. The van der Waals surface area contributed by atoms with Gasteiger partial charge in [0, 0.05) is 38.3 Å². The van der Waals surface area contributed by atoms with E-state index < -0.39 is 0 Å². The molecule has 18 heavy (non-hydrogen) atoms. The average molecular weight is 245 g/mol. The number of pyridine rings is 1. The summed E-state index contributed by atoms with van der Waals surface area (Å²) in [6.45, 7) is 7.43. The lowest BCUT2D eigenvalue weighted by Gasteiger charge is -2.45. The third-order valence-corrected chi connectivity index (χ3v) is 4.02. The van der Waals surface area contributed by atoms with Crippen LogP contribution in [0.5, 0.6) is 0 Å². The van der Waals surface area contributed by atoms with E-state index in [9.17, 15) is 4.79 Å². The van der Waals surface area contributed by atoms with E-state index in [4.69, 9.17) is 0 Å². The molecule has 1 atom stereocenters. The summed E-state index contributed by atoms with van der Waals surface area (Å²) < 4.78 is 0. The van der Waals surface area contributed by atoms with Gasteiger partial charge in [0.05, 0.1) is 11.6 Å². The first kappa shape index (κ1) is 11.7. The number of carbonyl (C=O) groups excluding carboxylic acids is 1. The first-order valence-corrected chi connectivity index (χ1v) is 6.65. The van der Waals surface area contributed by atoms with Crippen molar-refractivity contribution in [3.8, 4) is 0 Å². The monoisotopic (exact) mass is 245 g/mol. The highest BCUT2D eigenvalue weighted by molar-refractivity contribution is 6.02. The Balaban J connectivity index is 1.90. The molecule has 0 aromatic carbocycles. The fourth-order valence-electron chi connectivity index (χ4n) is 2.97. The van der Waals surface area contributed by atoms with Crippen molar-refractivity contribution in [2.45, 2.75) is 32.4 Å². The van der Waals surface area contributed by atoms with E-state index in [-0.39, 0.29) is 5.78 Å². The Hall–Kier alpha value is -1.42. The molecule has 4 nitrogen and oxygen atoms in total. The number of piperazine rings is 1. The lowest BCUT2D eigenvalue weighted by atomic mass is 9.95. The topological polar surface area (TPSA) is 36.4 Å². The Morgan fingerprint density at radius 2 is 2.22 bits per heavy atom. The van der Waals surface area contributed by atoms with Crippen LogP contribution in [0.2, 0.25) is 0 Å². The van der Waals surface area contributed by atoms with Crippen molar-refractivity contribution < 1.29 is 4.79 Å². The van der Waals surface area contributed by atoms with Crippen LogP contribution in [0.15, 0.2) is 18.3 Å². The lowest BCUT2D eigenvalue weighted by molar-refractivity contribution is 0.0932. The Bertz CT molecular complexity index is 472. The van der Waals surface area contributed by atoms with Gasteiger partial charge in [-0.3, -0.25) is 9.69 Å². The van der Waals surface area contributed by atoms with E-state index in [1.54, 1.807) is 6.20 Å². The van der Waals surface area contributed by atoms with E-state index in [0.717, 1.165) is 31.0 Å². The molecule has 4 heteroatoms. The van der Waals surface area contributed by atoms with Crippen LogP contribution >= 0.6 is 0 Å². The molecule has 2 aliphatic heterocycles. The van der Waals surface area contributed by atoms with Gasteiger partial charge in [-0.25, -0.2) is 4.98 Å². The second-order valence-electron chi connectivity index (χ2n) is 5.44. The second kappa shape index (κ2) is 4.35. The smallest absolute Gasteiger partial charge is 0.168 e. The maximum absolute atomic E-state index is 12.1. The Kier molecular flexibility index (Phi) is 2.82. The highest BCUT2D eigenvalue weighted by Gasteiger charge is 2.36. The second-order valence-corrected chi connectivity index (χ2v) is 5.44. The zero-order chi connectivity index (χ0) is 12.7. The number of Topliss-reactive ketones (excluding diaryl/α,β-unsaturated/α-hetero) is 1. The van der Waals surface area contributed by atoms with Gasteiger partial charge in [0.2, 0.25) is 0 Å². The van der Waals surface area contributed by atoms with E-state index >= 15 is 0 Å². The molecule has 0 aliphatic carbocycles. The summed E-state index contributed by atoms with van der Waals surface area (Å²) in [4.78, 5) is 21.3. The van der Waals surface area contributed by atoms with Crippen LogP contribution < -0.4 is 4.90 Å². The van der Waals surface area contributed by atoms with Crippen molar-refractivity contribution in [1.29, 1.82) is 0 Å². The Labute approximate surface area is 108 Å². The minimum Gasteiger partial charge on any atom is -0.350 e. The number of hydrogen-bond donors (Lipinski definition) is 0. The van der Waals surface area contributed by atoms with Gasteiger partial charge in [0.1, 0.15) is 5.82 Å². The molecule has 1 aromatic heterocycles. The summed E-state index contributed by atoms with van der Waals surface area (Å²) in [5.74, 6) is 1.13. The van der Waals surface area contributed by atoms with Crippen LogP contribution in [-0.4, -0.2) is 47.4 Å². The molecule has 0 unspecified atom stereocenters. The molecule has 0 bridgehead atoms. The van der Waals surface area contributed by atoms with Gasteiger partial charge in [-0.2, -0.15) is 0 Å². The van der Waals surface area contributed by atoms with Crippen molar-refractivity contribution in [2.75, 3.05) is 24.5 Å². The SMILES string of the molecule is CC(C)N1CCN2c3ncccc3C(=O)C[C@H]2C1. The molecule has 1 saturated heterocycles. The fourth-order valence-corrected chi connectivity index (χ4v) is 2.97. The number of fused-ring (bicyclic) bond motifs is 3. The van der Waals surface area contributed by atoms with E-state index in [1.165, 1.54) is 0 Å². The number of carbonyl (C=O) groups is 1. The molecule has 0 N–H and O–H groups in total. The molecular weight excluding hydrogens is 226 g/mol. The van der Waals surface area contributed by atoms with Gasteiger partial charge >= 0.3 is 0 Å². The standard InChI is InChI=1S/C14H19N3O/c1-10(2)16-6-7-17-11(9-16)8-13(18)12-4-3-5-15-14(12)17/h3-5,10-11H,6-9H2,1-2H3/t11-/m0/s1. The summed E-state index contributed by atoms with van der Waals surface area (Å²) in [5, 5.41) is 0. The van der Waals surface area contributed by atoms with Crippen LogP contribution in [0.4, 0.5) is 5.82 Å². The largest absolute Gasteiger partial charge is 0.350 e. The predicted octanol–water partition coefficient (Wildman–Crippen LogP) is 1.57. The zero-order valence-electron chi connectivity index (χ0n) is 11.0. The van der Waals surface area contributed by atoms with Gasteiger partial charge in [0.25, 0.3) is 0 Å². The number of anilines is 1. The van der Waals surface area contributed by atoms with Crippen LogP contribution in [0.25, 0.3) is 0 Å². The zero-order valence-corrected chi connectivity index (χ0v) is 11.0. The lowest BCUT2D eigenvalue weighted by Crippen LogP contribution is -2.57. The normalized spacial score (nSPS) is 24.1.